The van der Waals surface area contributed by atoms with Gasteiger partial charge in [0.05, 0.1) is 0 Å². The zero-order chi connectivity index (χ0) is 13.4. The van der Waals surface area contributed by atoms with Gasteiger partial charge in [-0.3, -0.25) is 14.8 Å². The highest BCUT2D eigenvalue weighted by Crippen LogP contribution is 2.23. The Bertz CT molecular complexity index is 727. The van der Waals surface area contributed by atoms with Crippen molar-refractivity contribution in [3.05, 3.63) is 35.8 Å². The van der Waals surface area contributed by atoms with Crippen molar-refractivity contribution in [3.63, 3.8) is 0 Å². The van der Waals surface area contributed by atoms with E-state index in [1.807, 2.05) is 19.1 Å². The minimum atomic E-state index is -0.253. The normalized spacial score (nSPS) is 10.8. The molecule has 0 atom stereocenters. The molecule has 0 unspecified atom stereocenters. The molecule has 3 aromatic heterocycles. The van der Waals surface area contributed by atoms with Crippen LogP contribution in [0.25, 0.3) is 10.3 Å². The van der Waals surface area contributed by atoms with Gasteiger partial charge in [0.25, 0.3) is 5.91 Å². The summed E-state index contributed by atoms with van der Waals surface area (Å²) in [5, 5.41) is 7.41. The number of hydrogen-bond acceptors (Lipinski definition) is 5. The van der Waals surface area contributed by atoms with Crippen LogP contribution in [-0.2, 0) is 7.05 Å². The highest BCUT2D eigenvalue weighted by atomic mass is 32.1. The Morgan fingerprint density at radius 3 is 3.00 bits per heavy atom. The summed E-state index contributed by atoms with van der Waals surface area (Å²) in [5.74, 6) is -0.253. The molecule has 1 amide bonds. The van der Waals surface area contributed by atoms with Crippen LogP contribution in [0.4, 0.5) is 5.13 Å². The van der Waals surface area contributed by atoms with Gasteiger partial charge in [0.1, 0.15) is 10.3 Å². The van der Waals surface area contributed by atoms with E-state index in [1.165, 1.54) is 11.3 Å². The predicted octanol–water partition coefficient (Wildman–Crippen LogP) is 1.99. The van der Waals surface area contributed by atoms with Crippen LogP contribution < -0.4 is 5.32 Å². The molecule has 3 rings (SSSR count). The maximum absolute atomic E-state index is 12.1. The standard InChI is InChI=1S/C12H11N5OS/c1-7-6-17(2)16-9(7)10(18)15-12-14-8-4-3-5-13-11(8)19-12/h3-6H,1-2H3,(H,14,15,18). The summed E-state index contributed by atoms with van der Waals surface area (Å²) in [4.78, 5) is 21.4. The molecule has 19 heavy (non-hydrogen) atoms. The molecule has 0 aliphatic rings. The topological polar surface area (TPSA) is 72.7 Å². The molecule has 7 heteroatoms. The van der Waals surface area contributed by atoms with Crippen LogP contribution in [0.2, 0.25) is 0 Å². The van der Waals surface area contributed by atoms with Crippen molar-refractivity contribution < 1.29 is 4.79 Å². The van der Waals surface area contributed by atoms with E-state index < -0.39 is 0 Å². The van der Waals surface area contributed by atoms with E-state index in [-0.39, 0.29) is 5.91 Å². The van der Waals surface area contributed by atoms with Crippen LogP contribution in [0.5, 0.6) is 0 Å². The Balaban J connectivity index is 1.88. The number of carbonyl (C=O) groups is 1. The molecule has 0 saturated carbocycles. The van der Waals surface area contributed by atoms with Crippen molar-refractivity contribution in [2.75, 3.05) is 5.32 Å². The van der Waals surface area contributed by atoms with Crippen LogP contribution in [0.15, 0.2) is 24.5 Å². The van der Waals surface area contributed by atoms with Crippen molar-refractivity contribution in [1.29, 1.82) is 0 Å². The Hall–Kier alpha value is -2.28. The average Bonchev–Trinajstić information content (AvgIpc) is 2.91. The number of hydrogen-bond donors (Lipinski definition) is 1. The van der Waals surface area contributed by atoms with Gasteiger partial charge in [-0.05, 0) is 19.1 Å². The van der Waals surface area contributed by atoms with Crippen LogP contribution in [0.3, 0.4) is 0 Å². The number of aryl methyl sites for hydroxylation is 2. The van der Waals surface area contributed by atoms with Crippen molar-refractivity contribution >= 4 is 32.7 Å². The number of fused-ring (bicyclic) bond motifs is 1. The number of anilines is 1. The fourth-order valence-corrected chi connectivity index (χ4v) is 2.61. The number of amides is 1. The lowest BCUT2D eigenvalue weighted by Gasteiger charge is -1.98. The van der Waals surface area contributed by atoms with E-state index in [9.17, 15) is 4.79 Å². The number of nitrogens with zero attached hydrogens (tertiary/aromatic N) is 4. The van der Waals surface area contributed by atoms with Crippen LogP contribution in [0, 0.1) is 6.92 Å². The third-order valence-corrected chi connectivity index (χ3v) is 3.51. The zero-order valence-corrected chi connectivity index (χ0v) is 11.2. The lowest BCUT2D eigenvalue weighted by atomic mass is 10.3. The van der Waals surface area contributed by atoms with E-state index in [0.717, 1.165) is 15.9 Å². The number of aromatic nitrogens is 4. The zero-order valence-electron chi connectivity index (χ0n) is 10.4. The van der Waals surface area contributed by atoms with E-state index >= 15 is 0 Å². The van der Waals surface area contributed by atoms with Crippen molar-refractivity contribution in [2.24, 2.45) is 7.05 Å². The summed E-state index contributed by atoms with van der Waals surface area (Å²) in [5.41, 5.74) is 2.02. The molecule has 1 N–H and O–H groups in total. The smallest absolute Gasteiger partial charge is 0.278 e. The van der Waals surface area contributed by atoms with Crippen LogP contribution in [-0.4, -0.2) is 25.7 Å². The second-order valence-corrected chi connectivity index (χ2v) is 5.11. The van der Waals surface area contributed by atoms with E-state index in [1.54, 1.807) is 24.1 Å². The highest BCUT2D eigenvalue weighted by Gasteiger charge is 2.15. The van der Waals surface area contributed by atoms with Gasteiger partial charge in [0, 0.05) is 25.0 Å². The van der Waals surface area contributed by atoms with Gasteiger partial charge in [-0.15, -0.1) is 0 Å². The predicted molar refractivity (Wildman–Crippen MR) is 73.3 cm³/mol. The van der Waals surface area contributed by atoms with Crippen LogP contribution in [0.1, 0.15) is 16.1 Å². The molecule has 6 nitrogen and oxygen atoms in total. The quantitative estimate of drug-likeness (QED) is 0.775. The first-order valence-corrected chi connectivity index (χ1v) is 6.48. The van der Waals surface area contributed by atoms with Gasteiger partial charge >= 0.3 is 0 Å². The Morgan fingerprint density at radius 1 is 1.47 bits per heavy atom. The summed E-state index contributed by atoms with van der Waals surface area (Å²) in [6, 6.07) is 3.68. The summed E-state index contributed by atoms with van der Waals surface area (Å²) in [6.45, 7) is 1.85. The third kappa shape index (κ3) is 2.19. The fourth-order valence-electron chi connectivity index (χ4n) is 1.81. The molecule has 0 aromatic carbocycles. The maximum Gasteiger partial charge on any atom is 0.278 e. The number of thiazole rings is 1. The van der Waals surface area contributed by atoms with Gasteiger partial charge in [0.2, 0.25) is 0 Å². The molecule has 0 spiro atoms. The summed E-state index contributed by atoms with van der Waals surface area (Å²) >= 11 is 1.34. The van der Waals surface area contributed by atoms with E-state index in [4.69, 9.17) is 0 Å². The first kappa shape index (κ1) is 11.8. The fraction of sp³-hybridized carbons (Fsp3) is 0.167. The van der Waals surface area contributed by atoms with Crippen molar-refractivity contribution in [2.45, 2.75) is 6.92 Å². The first-order chi connectivity index (χ1) is 9.13. The molecular weight excluding hydrogens is 262 g/mol. The number of nitrogens with one attached hydrogen (secondary N) is 1. The summed E-state index contributed by atoms with van der Waals surface area (Å²) < 4.78 is 1.62. The average molecular weight is 273 g/mol. The monoisotopic (exact) mass is 273 g/mol. The van der Waals surface area contributed by atoms with Gasteiger partial charge in [0.15, 0.2) is 10.8 Å². The number of pyridine rings is 1. The second-order valence-electron chi connectivity index (χ2n) is 4.14. The minimum Gasteiger partial charge on any atom is -0.296 e. The van der Waals surface area contributed by atoms with E-state index in [2.05, 4.69) is 20.4 Å². The maximum atomic E-state index is 12.1. The van der Waals surface area contributed by atoms with Crippen molar-refractivity contribution in [3.8, 4) is 0 Å². The summed E-state index contributed by atoms with van der Waals surface area (Å²) in [7, 11) is 1.78. The molecule has 0 saturated heterocycles. The van der Waals surface area contributed by atoms with Gasteiger partial charge in [-0.2, -0.15) is 5.10 Å². The van der Waals surface area contributed by atoms with Crippen LogP contribution >= 0.6 is 11.3 Å². The molecule has 96 valence electrons. The molecule has 3 aromatic rings. The second kappa shape index (κ2) is 4.43. The molecule has 0 fully saturated rings. The minimum absolute atomic E-state index is 0.253. The van der Waals surface area contributed by atoms with Gasteiger partial charge < -0.3 is 0 Å². The van der Waals surface area contributed by atoms with Crippen molar-refractivity contribution in [1.82, 2.24) is 19.7 Å². The number of carbonyl (C=O) groups excluding carboxylic acids is 1. The highest BCUT2D eigenvalue weighted by molar-refractivity contribution is 7.21. The SMILES string of the molecule is Cc1cn(C)nc1C(=O)Nc1nc2cccnc2s1. The molecule has 3 heterocycles. The Labute approximate surface area is 113 Å². The molecule has 0 radical (unpaired) electrons. The first-order valence-electron chi connectivity index (χ1n) is 5.66. The molecule has 0 aliphatic heterocycles. The van der Waals surface area contributed by atoms with E-state index in [0.29, 0.717) is 10.8 Å². The number of rotatable bonds is 2. The largest absolute Gasteiger partial charge is 0.296 e. The Kier molecular flexibility index (Phi) is 2.75. The lowest BCUT2D eigenvalue weighted by Crippen LogP contribution is -2.13. The Morgan fingerprint density at radius 2 is 2.32 bits per heavy atom. The lowest BCUT2D eigenvalue weighted by molar-refractivity contribution is 0.102. The molecule has 0 aliphatic carbocycles. The third-order valence-electron chi connectivity index (χ3n) is 2.61. The molecule has 0 bridgehead atoms. The van der Waals surface area contributed by atoms with Gasteiger partial charge in [-0.1, -0.05) is 11.3 Å². The molecular formula is C12H11N5OS. The van der Waals surface area contributed by atoms with Gasteiger partial charge in [-0.25, -0.2) is 9.97 Å². The summed E-state index contributed by atoms with van der Waals surface area (Å²) in [6.07, 6.45) is 3.50.